The van der Waals surface area contributed by atoms with Crippen LogP contribution in [0.2, 0.25) is 0 Å². The van der Waals surface area contributed by atoms with Crippen LogP contribution in [-0.4, -0.2) is 15.5 Å². The van der Waals surface area contributed by atoms with Gasteiger partial charge in [0.15, 0.2) is 0 Å². The fraction of sp³-hybridized carbons (Fsp3) is 0.0909. The van der Waals surface area contributed by atoms with Crippen LogP contribution < -0.4 is 5.32 Å². The summed E-state index contributed by atoms with van der Waals surface area (Å²) in [5.74, 6) is 0.695. The SMILES string of the molecule is Cc1ccccc1NC(=O)Cn1c(-c2cccc(Br)c2)nc2ccccc21. The number of carbonyl (C=O) groups excluding carboxylic acids is 1. The number of hydrogen-bond donors (Lipinski definition) is 1. The molecule has 4 nitrogen and oxygen atoms in total. The summed E-state index contributed by atoms with van der Waals surface area (Å²) in [4.78, 5) is 17.5. The van der Waals surface area contributed by atoms with Gasteiger partial charge in [-0.2, -0.15) is 0 Å². The van der Waals surface area contributed by atoms with Gasteiger partial charge >= 0.3 is 0 Å². The van der Waals surface area contributed by atoms with Crippen LogP contribution in [0.5, 0.6) is 0 Å². The lowest BCUT2D eigenvalue weighted by molar-refractivity contribution is -0.116. The van der Waals surface area contributed by atoms with Gasteiger partial charge in [-0.25, -0.2) is 4.98 Å². The van der Waals surface area contributed by atoms with E-state index in [1.165, 1.54) is 0 Å². The summed E-state index contributed by atoms with van der Waals surface area (Å²) in [6.45, 7) is 2.17. The second-order valence-electron chi connectivity index (χ2n) is 6.38. The Balaban J connectivity index is 1.73. The Bertz CT molecular complexity index is 1130. The molecule has 0 fully saturated rings. The lowest BCUT2D eigenvalue weighted by Crippen LogP contribution is -2.19. The van der Waals surface area contributed by atoms with E-state index in [9.17, 15) is 4.79 Å². The van der Waals surface area contributed by atoms with E-state index >= 15 is 0 Å². The summed E-state index contributed by atoms with van der Waals surface area (Å²) in [6.07, 6.45) is 0. The Morgan fingerprint density at radius 3 is 2.63 bits per heavy atom. The maximum Gasteiger partial charge on any atom is 0.244 e. The number of nitrogens with zero attached hydrogens (tertiary/aromatic N) is 2. The zero-order valence-corrected chi connectivity index (χ0v) is 16.4. The van der Waals surface area contributed by atoms with Gasteiger partial charge in [-0.3, -0.25) is 4.79 Å². The van der Waals surface area contributed by atoms with E-state index in [2.05, 4.69) is 21.2 Å². The molecule has 0 radical (unpaired) electrons. The fourth-order valence-corrected chi connectivity index (χ4v) is 3.53. The molecule has 1 amide bonds. The zero-order chi connectivity index (χ0) is 18.8. The van der Waals surface area contributed by atoms with Crippen molar-refractivity contribution in [1.29, 1.82) is 0 Å². The highest BCUT2D eigenvalue weighted by atomic mass is 79.9. The average molecular weight is 420 g/mol. The number of imidazole rings is 1. The summed E-state index contributed by atoms with van der Waals surface area (Å²) in [6, 6.07) is 23.6. The molecule has 0 unspecified atom stereocenters. The van der Waals surface area contributed by atoms with Gasteiger partial charge in [0, 0.05) is 15.7 Å². The third-order valence-corrected chi connectivity index (χ3v) is 4.95. The summed E-state index contributed by atoms with van der Waals surface area (Å²) >= 11 is 3.51. The maximum atomic E-state index is 12.8. The van der Waals surface area contributed by atoms with Gasteiger partial charge in [-0.05, 0) is 42.8 Å². The average Bonchev–Trinajstić information content (AvgIpc) is 3.02. The van der Waals surface area contributed by atoms with Gasteiger partial charge in [0.1, 0.15) is 12.4 Å². The van der Waals surface area contributed by atoms with Crippen LogP contribution in [0.15, 0.2) is 77.3 Å². The first-order valence-corrected chi connectivity index (χ1v) is 9.48. The van der Waals surface area contributed by atoms with Gasteiger partial charge in [0.05, 0.1) is 11.0 Å². The van der Waals surface area contributed by atoms with Crippen LogP contribution >= 0.6 is 15.9 Å². The molecular formula is C22H18BrN3O. The predicted octanol–water partition coefficient (Wildman–Crippen LogP) is 5.41. The van der Waals surface area contributed by atoms with Crippen LogP contribution in [0, 0.1) is 6.92 Å². The van der Waals surface area contributed by atoms with Crippen LogP contribution in [0.4, 0.5) is 5.69 Å². The smallest absolute Gasteiger partial charge is 0.244 e. The first kappa shape index (κ1) is 17.5. The van der Waals surface area contributed by atoms with Gasteiger partial charge in [0.2, 0.25) is 5.91 Å². The van der Waals surface area contributed by atoms with Crippen LogP contribution in [0.25, 0.3) is 22.4 Å². The summed E-state index contributed by atoms with van der Waals surface area (Å²) < 4.78 is 2.94. The molecule has 27 heavy (non-hydrogen) atoms. The van der Waals surface area contributed by atoms with Crippen molar-refractivity contribution in [1.82, 2.24) is 9.55 Å². The van der Waals surface area contributed by atoms with E-state index in [0.29, 0.717) is 0 Å². The summed E-state index contributed by atoms with van der Waals surface area (Å²) in [5.41, 5.74) is 4.64. The first-order chi connectivity index (χ1) is 13.1. The van der Waals surface area contributed by atoms with Crippen molar-refractivity contribution in [2.45, 2.75) is 13.5 Å². The number of carbonyl (C=O) groups is 1. The van der Waals surface area contributed by atoms with Gasteiger partial charge in [-0.1, -0.05) is 58.4 Å². The number of nitrogens with one attached hydrogen (secondary N) is 1. The Labute approximate surface area is 166 Å². The normalized spacial score (nSPS) is 10.9. The second-order valence-corrected chi connectivity index (χ2v) is 7.30. The molecule has 0 saturated carbocycles. The van der Waals surface area contributed by atoms with Crippen molar-refractivity contribution in [2.75, 3.05) is 5.32 Å². The predicted molar refractivity (Wildman–Crippen MR) is 113 cm³/mol. The van der Waals surface area contributed by atoms with Gasteiger partial charge in [0.25, 0.3) is 0 Å². The Kier molecular flexibility index (Phi) is 4.77. The molecule has 1 aromatic heterocycles. The summed E-state index contributed by atoms with van der Waals surface area (Å²) in [7, 11) is 0. The van der Waals surface area contributed by atoms with Crippen molar-refractivity contribution < 1.29 is 4.79 Å². The number of benzene rings is 3. The van der Waals surface area contributed by atoms with E-state index in [4.69, 9.17) is 4.98 Å². The molecule has 0 spiro atoms. The molecule has 1 heterocycles. The number of para-hydroxylation sites is 3. The van der Waals surface area contributed by atoms with Gasteiger partial charge in [-0.15, -0.1) is 0 Å². The number of amides is 1. The second kappa shape index (κ2) is 7.37. The topological polar surface area (TPSA) is 46.9 Å². The molecule has 3 aromatic carbocycles. The van der Waals surface area contributed by atoms with Crippen molar-refractivity contribution in [3.63, 3.8) is 0 Å². The molecule has 0 aliphatic rings. The minimum Gasteiger partial charge on any atom is -0.324 e. The number of anilines is 1. The standard InChI is InChI=1S/C22H18BrN3O/c1-15-7-2-3-10-18(15)24-21(27)14-26-20-12-5-4-11-19(20)25-22(26)16-8-6-9-17(23)13-16/h2-13H,14H2,1H3,(H,24,27). The number of aryl methyl sites for hydroxylation is 1. The number of aromatic nitrogens is 2. The van der Waals surface area contributed by atoms with Gasteiger partial charge < -0.3 is 9.88 Å². The van der Waals surface area contributed by atoms with E-state index in [1.54, 1.807) is 0 Å². The molecule has 0 aliphatic heterocycles. The van der Waals surface area contributed by atoms with Crippen molar-refractivity contribution in [3.05, 3.63) is 82.8 Å². The minimum atomic E-state index is -0.0799. The Morgan fingerprint density at radius 1 is 1.04 bits per heavy atom. The first-order valence-electron chi connectivity index (χ1n) is 8.68. The lowest BCUT2D eigenvalue weighted by Gasteiger charge is -2.12. The number of hydrogen-bond acceptors (Lipinski definition) is 2. The monoisotopic (exact) mass is 419 g/mol. The number of halogens is 1. The third kappa shape index (κ3) is 3.64. The van der Waals surface area contributed by atoms with E-state index < -0.39 is 0 Å². The highest BCUT2D eigenvalue weighted by Gasteiger charge is 2.15. The minimum absolute atomic E-state index is 0.0799. The van der Waals surface area contributed by atoms with Crippen LogP contribution in [-0.2, 0) is 11.3 Å². The van der Waals surface area contributed by atoms with E-state index in [0.717, 1.165) is 38.1 Å². The third-order valence-electron chi connectivity index (χ3n) is 4.46. The molecule has 5 heteroatoms. The molecule has 0 saturated heterocycles. The number of rotatable bonds is 4. The molecule has 0 bridgehead atoms. The molecule has 1 N–H and O–H groups in total. The molecule has 134 valence electrons. The molecular weight excluding hydrogens is 402 g/mol. The molecule has 0 aliphatic carbocycles. The molecule has 4 aromatic rings. The van der Waals surface area contributed by atoms with Crippen LogP contribution in [0.1, 0.15) is 5.56 Å². The van der Waals surface area contributed by atoms with Crippen LogP contribution in [0.3, 0.4) is 0 Å². The quantitative estimate of drug-likeness (QED) is 0.480. The van der Waals surface area contributed by atoms with Crippen molar-refractivity contribution in [3.8, 4) is 11.4 Å². The largest absolute Gasteiger partial charge is 0.324 e. The molecule has 4 rings (SSSR count). The van der Waals surface area contributed by atoms with Crippen molar-refractivity contribution >= 4 is 38.6 Å². The van der Waals surface area contributed by atoms with Crippen molar-refractivity contribution in [2.24, 2.45) is 0 Å². The summed E-state index contributed by atoms with van der Waals surface area (Å²) in [5, 5.41) is 3.01. The highest BCUT2D eigenvalue weighted by Crippen LogP contribution is 2.27. The van der Waals surface area contributed by atoms with E-state index in [-0.39, 0.29) is 12.5 Å². The Morgan fingerprint density at radius 2 is 1.81 bits per heavy atom. The molecule has 0 atom stereocenters. The zero-order valence-electron chi connectivity index (χ0n) is 14.8. The fourth-order valence-electron chi connectivity index (χ4n) is 3.13. The highest BCUT2D eigenvalue weighted by molar-refractivity contribution is 9.10. The Hall–Kier alpha value is -2.92. The number of fused-ring (bicyclic) bond motifs is 1. The lowest BCUT2D eigenvalue weighted by atomic mass is 10.2. The van der Waals surface area contributed by atoms with E-state index in [1.807, 2.05) is 84.3 Å². The maximum absolute atomic E-state index is 12.8.